The summed E-state index contributed by atoms with van der Waals surface area (Å²) >= 11 is 5.69. The predicted molar refractivity (Wildman–Crippen MR) is 90.3 cm³/mol. The van der Waals surface area contributed by atoms with Gasteiger partial charge in [-0.1, -0.05) is 11.6 Å². The molecule has 1 atom stereocenters. The Morgan fingerprint density at radius 1 is 1.36 bits per heavy atom. The van der Waals surface area contributed by atoms with Crippen molar-refractivity contribution in [1.29, 1.82) is 0 Å². The minimum atomic E-state index is -1.15. The van der Waals surface area contributed by atoms with Gasteiger partial charge in [-0.25, -0.2) is 9.78 Å². The van der Waals surface area contributed by atoms with Crippen LogP contribution in [0.1, 0.15) is 17.3 Å². The van der Waals surface area contributed by atoms with Crippen LogP contribution in [0, 0.1) is 10.1 Å². The average Bonchev–Trinajstić information content (AvgIpc) is 2.56. The van der Waals surface area contributed by atoms with Gasteiger partial charge in [-0.2, -0.15) is 0 Å². The molecule has 0 unspecified atom stereocenters. The molecule has 2 rings (SSSR count). The van der Waals surface area contributed by atoms with Crippen LogP contribution in [0.5, 0.6) is 0 Å². The SMILES string of the molecule is C[C@@H](OC(=O)c1ccc(N)c([N+](=O)[O-])c1)C(=O)Nc1ccc(Cl)cn1. The van der Waals surface area contributed by atoms with E-state index >= 15 is 0 Å². The van der Waals surface area contributed by atoms with E-state index in [0.717, 1.165) is 6.07 Å². The summed E-state index contributed by atoms with van der Waals surface area (Å²) in [6.07, 6.45) is 0.197. The third-order valence-electron chi connectivity index (χ3n) is 3.09. The van der Waals surface area contributed by atoms with Crippen LogP contribution in [0.3, 0.4) is 0 Å². The number of carbonyl (C=O) groups is 2. The molecule has 1 aromatic heterocycles. The minimum Gasteiger partial charge on any atom is -0.449 e. The molecular weight excluding hydrogens is 352 g/mol. The van der Waals surface area contributed by atoms with Crippen molar-refractivity contribution in [2.75, 3.05) is 11.1 Å². The van der Waals surface area contributed by atoms with Gasteiger partial charge in [-0.15, -0.1) is 0 Å². The number of pyridine rings is 1. The lowest BCUT2D eigenvalue weighted by Gasteiger charge is -2.13. The number of esters is 1. The van der Waals surface area contributed by atoms with Gasteiger partial charge in [0.1, 0.15) is 11.5 Å². The van der Waals surface area contributed by atoms with E-state index < -0.39 is 28.6 Å². The maximum Gasteiger partial charge on any atom is 0.339 e. The summed E-state index contributed by atoms with van der Waals surface area (Å²) in [7, 11) is 0. The number of halogens is 1. The second-order valence-corrected chi connectivity index (χ2v) is 5.37. The third-order valence-corrected chi connectivity index (χ3v) is 3.32. The van der Waals surface area contributed by atoms with Gasteiger partial charge in [0.25, 0.3) is 11.6 Å². The number of amides is 1. The van der Waals surface area contributed by atoms with Gasteiger partial charge in [0.2, 0.25) is 0 Å². The molecule has 1 heterocycles. The van der Waals surface area contributed by atoms with Crippen molar-refractivity contribution in [3.05, 3.63) is 57.2 Å². The van der Waals surface area contributed by atoms with Crippen LogP contribution >= 0.6 is 11.6 Å². The fourth-order valence-electron chi connectivity index (χ4n) is 1.79. The molecule has 0 spiro atoms. The van der Waals surface area contributed by atoms with Crippen molar-refractivity contribution in [2.45, 2.75) is 13.0 Å². The Morgan fingerprint density at radius 3 is 2.68 bits per heavy atom. The number of nitrogens with one attached hydrogen (secondary N) is 1. The van der Waals surface area contributed by atoms with Crippen molar-refractivity contribution >= 4 is 40.7 Å². The highest BCUT2D eigenvalue weighted by molar-refractivity contribution is 6.30. The quantitative estimate of drug-likeness (QED) is 0.359. The summed E-state index contributed by atoms with van der Waals surface area (Å²) in [5, 5.41) is 13.7. The van der Waals surface area contributed by atoms with Gasteiger partial charge >= 0.3 is 5.97 Å². The average molecular weight is 365 g/mol. The summed E-state index contributed by atoms with van der Waals surface area (Å²) in [6, 6.07) is 6.50. The first-order valence-electron chi connectivity index (χ1n) is 6.95. The second-order valence-electron chi connectivity index (χ2n) is 4.93. The van der Waals surface area contributed by atoms with Crippen molar-refractivity contribution in [2.24, 2.45) is 0 Å². The zero-order chi connectivity index (χ0) is 18.6. The first-order chi connectivity index (χ1) is 11.8. The summed E-state index contributed by atoms with van der Waals surface area (Å²) in [5.41, 5.74) is 4.87. The number of ether oxygens (including phenoxy) is 1. The number of hydrogen-bond acceptors (Lipinski definition) is 7. The molecule has 0 saturated heterocycles. The van der Waals surface area contributed by atoms with Crippen LogP contribution in [-0.4, -0.2) is 27.9 Å². The zero-order valence-electron chi connectivity index (χ0n) is 12.9. The monoisotopic (exact) mass is 364 g/mol. The number of benzene rings is 1. The molecule has 3 N–H and O–H groups in total. The van der Waals surface area contributed by atoms with Gasteiger partial charge in [-0.3, -0.25) is 14.9 Å². The van der Waals surface area contributed by atoms with E-state index in [1.165, 1.54) is 37.4 Å². The lowest BCUT2D eigenvalue weighted by molar-refractivity contribution is -0.383. The molecule has 0 aliphatic rings. The lowest BCUT2D eigenvalue weighted by atomic mass is 10.2. The Morgan fingerprint density at radius 2 is 2.08 bits per heavy atom. The molecule has 0 saturated carbocycles. The van der Waals surface area contributed by atoms with Crippen LogP contribution in [0.2, 0.25) is 5.02 Å². The Bertz CT molecular complexity index is 825. The van der Waals surface area contributed by atoms with E-state index in [1.807, 2.05) is 0 Å². The molecule has 0 fully saturated rings. The number of nitrogen functional groups attached to an aromatic ring is 1. The number of rotatable bonds is 5. The first kappa shape index (κ1) is 18.1. The van der Waals surface area contributed by atoms with Gasteiger partial charge in [-0.05, 0) is 31.2 Å². The van der Waals surface area contributed by atoms with Crippen molar-refractivity contribution in [3.8, 4) is 0 Å². The molecule has 25 heavy (non-hydrogen) atoms. The van der Waals surface area contributed by atoms with Crippen LogP contribution in [0.25, 0.3) is 0 Å². The molecule has 0 bridgehead atoms. The highest BCUT2D eigenvalue weighted by Gasteiger charge is 2.22. The number of nitro benzene ring substituents is 1. The van der Waals surface area contributed by atoms with Crippen molar-refractivity contribution < 1.29 is 19.2 Å². The summed E-state index contributed by atoms with van der Waals surface area (Å²) in [6.45, 7) is 1.36. The Labute approximate surface area is 146 Å². The smallest absolute Gasteiger partial charge is 0.339 e. The number of anilines is 2. The Balaban J connectivity index is 2.04. The van der Waals surface area contributed by atoms with E-state index in [4.69, 9.17) is 22.1 Å². The topological polar surface area (TPSA) is 137 Å². The van der Waals surface area contributed by atoms with Crippen LogP contribution in [0.4, 0.5) is 17.2 Å². The third kappa shape index (κ3) is 4.64. The molecule has 0 aliphatic carbocycles. The van der Waals surface area contributed by atoms with E-state index in [-0.39, 0.29) is 17.1 Å². The fraction of sp³-hybridized carbons (Fsp3) is 0.133. The predicted octanol–water partition coefficient (Wildman–Crippen LogP) is 2.41. The maximum absolute atomic E-state index is 12.0. The molecule has 1 aromatic carbocycles. The summed E-state index contributed by atoms with van der Waals surface area (Å²) < 4.78 is 5.00. The molecule has 2 aromatic rings. The molecule has 10 heteroatoms. The van der Waals surface area contributed by atoms with Crippen molar-refractivity contribution in [1.82, 2.24) is 4.98 Å². The van der Waals surface area contributed by atoms with Crippen molar-refractivity contribution in [3.63, 3.8) is 0 Å². The molecule has 0 aliphatic heterocycles. The first-order valence-corrected chi connectivity index (χ1v) is 7.33. The fourth-order valence-corrected chi connectivity index (χ4v) is 1.90. The molecule has 0 radical (unpaired) electrons. The number of aromatic nitrogens is 1. The summed E-state index contributed by atoms with van der Waals surface area (Å²) in [4.78, 5) is 38.1. The number of carbonyl (C=O) groups excluding carboxylic acids is 2. The second kappa shape index (κ2) is 7.58. The van der Waals surface area contributed by atoms with Crippen LogP contribution < -0.4 is 11.1 Å². The molecule has 9 nitrogen and oxygen atoms in total. The normalized spacial score (nSPS) is 11.4. The van der Waals surface area contributed by atoms with E-state index in [9.17, 15) is 19.7 Å². The Hall–Kier alpha value is -3.20. The number of nitrogens with two attached hydrogens (primary N) is 1. The molecule has 1 amide bonds. The molecule has 130 valence electrons. The van der Waals surface area contributed by atoms with Crippen LogP contribution in [0.15, 0.2) is 36.5 Å². The van der Waals surface area contributed by atoms with Crippen LogP contribution in [-0.2, 0) is 9.53 Å². The van der Waals surface area contributed by atoms with Gasteiger partial charge < -0.3 is 15.8 Å². The number of nitrogens with zero attached hydrogens (tertiary/aromatic N) is 2. The number of nitro groups is 1. The van der Waals surface area contributed by atoms with E-state index in [2.05, 4.69) is 10.3 Å². The van der Waals surface area contributed by atoms with Gasteiger partial charge in [0.15, 0.2) is 6.10 Å². The lowest BCUT2D eigenvalue weighted by Crippen LogP contribution is -2.30. The zero-order valence-corrected chi connectivity index (χ0v) is 13.7. The van der Waals surface area contributed by atoms with E-state index in [0.29, 0.717) is 5.02 Å². The van der Waals surface area contributed by atoms with E-state index in [1.54, 1.807) is 0 Å². The Kier molecular flexibility index (Phi) is 5.50. The number of hydrogen-bond donors (Lipinski definition) is 2. The highest BCUT2D eigenvalue weighted by atomic mass is 35.5. The minimum absolute atomic E-state index is 0.0823. The maximum atomic E-state index is 12.0. The largest absolute Gasteiger partial charge is 0.449 e. The highest BCUT2D eigenvalue weighted by Crippen LogP contribution is 2.23. The van der Waals surface area contributed by atoms with Gasteiger partial charge in [0, 0.05) is 12.3 Å². The molecular formula is C15H13ClN4O5. The summed E-state index contributed by atoms with van der Waals surface area (Å²) in [5.74, 6) is -1.27. The standard InChI is InChI=1S/C15H13ClN4O5/c1-8(14(21)19-13-5-3-10(16)7-18-13)25-15(22)9-2-4-11(17)12(6-9)20(23)24/h2-8H,17H2,1H3,(H,18,19,21)/t8-/m1/s1. The van der Waals surface area contributed by atoms with Gasteiger partial charge in [0.05, 0.1) is 15.5 Å².